The van der Waals surface area contributed by atoms with E-state index in [1.807, 2.05) is 55.6 Å². The molecule has 0 aliphatic rings. The van der Waals surface area contributed by atoms with Crippen molar-refractivity contribution in [3.8, 4) is 5.75 Å². The fraction of sp³-hybridized carbons (Fsp3) is 0.250. The molecule has 3 aromatic rings. The van der Waals surface area contributed by atoms with Crippen LogP contribution < -0.4 is 4.74 Å². The van der Waals surface area contributed by atoms with Gasteiger partial charge >= 0.3 is 0 Å². The summed E-state index contributed by atoms with van der Waals surface area (Å²) in [6.07, 6.45) is 4.72. The van der Waals surface area contributed by atoms with Gasteiger partial charge in [0, 0.05) is 34.2 Å². The molecule has 0 fully saturated rings. The molecule has 2 aromatic carbocycles. The van der Waals surface area contributed by atoms with Gasteiger partial charge in [-0.3, -0.25) is 4.79 Å². The molecule has 0 aliphatic heterocycles. The molecule has 1 heterocycles. The number of para-hydroxylation sites is 1. The summed E-state index contributed by atoms with van der Waals surface area (Å²) in [7, 11) is 0. The zero-order valence-corrected chi connectivity index (χ0v) is 14.4. The number of nitrogens with zero attached hydrogens (tertiary/aromatic N) is 1. The molecule has 0 amide bonds. The van der Waals surface area contributed by atoms with E-state index in [9.17, 15) is 4.79 Å². The maximum Gasteiger partial charge on any atom is 0.152 e. The molecule has 0 unspecified atom stereocenters. The van der Waals surface area contributed by atoms with Crippen molar-refractivity contribution < 1.29 is 9.53 Å². The van der Waals surface area contributed by atoms with Gasteiger partial charge in [0.25, 0.3) is 0 Å². The Bertz CT molecular complexity index is 854. The average molecular weight is 342 g/mol. The van der Waals surface area contributed by atoms with Crippen LogP contribution in [0.2, 0.25) is 5.02 Å². The number of unbranched alkanes of at least 4 members (excludes halogenated alkanes) is 1. The number of aldehydes is 1. The fourth-order valence-corrected chi connectivity index (χ4v) is 3.03. The van der Waals surface area contributed by atoms with Crippen molar-refractivity contribution in [3.05, 3.63) is 64.8 Å². The van der Waals surface area contributed by atoms with Crippen molar-refractivity contribution in [2.24, 2.45) is 0 Å². The van der Waals surface area contributed by atoms with Crippen molar-refractivity contribution in [1.82, 2.24) is 4.57 Å². The molecule has 0 spiro atoms. The average Bonchev–Trinajstić information content (AvgIpc) is 2.93. The Labute approximate surface area is 146 Å². The van der Waals surface area contributed by atoms with Gasteiger partial charge in [-0.15, -0.1) is 0 Å². The first-order valence-corrected chi connectivity index (χ1v) is 8.49. The number of hydrogen-bond donors (Lipinski definition) is 0. The topological polar surface area (TPSA) is 31.2 Å². The molecule has 3 nitrogen and oxygen atoms in total. The van der Waals surface area contributed by atoms with E-state index in [1.54, 1.807) is 0 Å². The number of carbonyl (C=O) groups excluding carboxylic acids is 1. The Balaban J connectivity index is 1.58. The minimum atomic E-state index is 0.648. The molecule has 0 radical (unpaired) electrons. The van der Waals surface area contributed by atoms with Crippen LogP contribution in [0.4, 0.5) is 0 Å². The van der Waals surface area contributed by atoms with Crippen LogP contribution in [0.25, 0.3) is 10.9 Å². The van der Waals surface area contributed by atoms with E-state index < -0.39 is 0 Å². The highest BCUT2D eigenvalue weighted by Gasteiger charge is 2.08. The summed E-state index contributed by atoms with van der Waals surface area (Å²) in [6, 6.07) is 13.7. The van der Waals surface area contributed by atoms with Crippen LogP contribution in [0, 0.1) is 6.92 Å². The second-order valence-corrected chi connectivity index (χ2v) is 6.31. The maximum absolute atomic E-state index is 11.2. The van der Waals surface area contributed by atoms with Gasteiger partial charge in [0.15, 0.2) is 6.29 Å². The van der Waals surface area contributed by atoms with Gasteiger partial charge in [0.1, 0.15) is 5.75 Å². The zero-order chi connectivity index (χ0) is 16.9. The Kier molecular flexibility index (Phi) is 5.21. The third kappa shape index (κ3) is 3.62. The van der Waals surface area contributed by atoms with Crippen LogP contribution in [0.3, 0.4) is 0 Å². The monoisotopic (exact) mass is 341 g/mol. The summed E-state index contributed by atoms with van der Waals surface area (Å²) < 4.78 is 7.94. The number of rotatable bonds is 7. The number of aryl methyl sites for hydroxylation is 2. The highest BCUT2D eigenvalue weighted by molar-refractivity contribution is 6.31. The first-order valence-electron chi connectivity index (χ1n) is 8.11. The minimum absolute atomic E-state index is 0.648. The Morgan fingerprint density at radius 2 is 2.00 bits per heavy atom. The van der Waals surface area contributed by atoms with Crippen molar-refractivity contribution in [2.45, 2.75) is 26.3 Å². The Hall–Kier alpha value is -2.26. The molecular weight excluding hydrogens is 322 g/mol. The molecule has 4 heteroatoms. The van der Waals surface area contributed by atoms with Gasteiger partial charge in [-0.05, 0) is 49.6 Å². The van der Waals surface area contributed by atoms with E-state index >= 15 is 0 Å². The van der Waals surface area contributed by atoms with E-state index in [0.29, 0.717) is 17.2 Å². The van der Waals surface area contributed by atoms with E-state index in [0.717, 1.165) is 47.9 Å². The molecule has 0 saturated carbocycles. The number of halogens is 1. The smallest absolute Gasteiger partial charge is 0.152 e. The van der Waals surface area contributed by atoms with Crippen LogP contribution in [0.1, 0.15) is 28.8 Å². The normalized spacial score (nSPS) is 10.9. The minimum Gasteiger partial charge on any atom is -0.493 e. The second kappa shape index (κ2) is 7.54. The van der Waals surface area contributed by atoms with Gasteiger partial charge in [-0.2, -0.15) is 0 Å². The Morgan fingerprint density at radius 3 is 2.79 bits per heavy atom. The number of carbonyl (C=O) groups is 1. The lowest BCUT2D eigenvalue weighted by molar-refractivity contribution is 0.112. The first-order chi connectivity index (χ1) is 11.7. The molecule has 24 heavy (non-hydrogen) atoms. The van der Waals surface area contributed by atoms with E-state index in [2.05, 4.69) is 4.57 Å². The lowest BCUT2D eigenvalue weighted by Gasteiger charge is -2.09. The highest BCUT2D eigenvalue weighted by atomic mass is 35.5. The van der Waals surface area contributed by atoms with E-state index in [4.69, 9.17) is 16.3 Å². The van der Waals surface area contributed by atoms with Crippen LogP contribution >= 0.6 is 11.6 Å². The molecule has 0 saturated heterocycles. The highest BCUT2D eigenvalue weighted by Crippen LogP contribution is 2.24. The van der Waals surface area contributed by atoms with Gasteiger partial charge in [0.05, 0.1) is 6.61 Å². The predicted molar refractivity (Wildman–Crippen MR) is 98.2 cm³/mol. The first kappa shape index (κ1) is 16.6. The molecule has 1 aromatic heterocycles. The zero-order valence-electron chi connectivity index (χ0n) is 13.7. The molecule has 0 bridgehead atoms. The summed E-state index contributed by atoms with van der Waals surface area (Å²) in [6.45, 7) is 3.59. The number of fused-ring (bicyclic) bond motifs is 1. The van der Waals surface area contributed by atoms with E-state index in [-0.39, 0.29) is 0 Å². The van der Waals surface area contributed by atoms with Crippen molar-refractivity contribution in [3.63, 3.8) is 0 Å². The Morgan fingerprint density at radius 1 is 1.17 bits per heavy atom. The quantitative estimate of drug-likeness (QED) is 0.432. The maximum atomic E-state index is 11.2. The molecule has 3 rings (SSSR count). The third-order valence-corrected chi connectivity index (χ3v) is 4.38. The number of ether oxygens (including phenoxy) is 1. The fourth-order valence-electron chi connectivity index (χ4n) is 2.86. The molecule has 0 N–H and O–H groups in total. The molecule has 0 atom stereocenters. The number of aromatic nitrogens is 1. The summed E-state index contributed by atoms with van der Waals surface area (Å²) in [5.74, 6) is 0.946. The van der Waals surface area contributed by atoms with Crippen LogP contribution in [0.5, 0.6) is 5.75 Å². The number of hydrogen-bond acceptors (Lipinski definition) is 2. The van der Waals surface area contributed by atoms with Crippen molar-refractivity contribution in [2.75, 3.05) is 6.61 Å². The molecule has 124 valence electrons. The van der Waals surface area contributed by atoms with Gasteiger partial charge in [0.2, 0.25) is 0 Å². The lowest BCUT2D eigenvalue weighted by Crippen LogP contribution is -2.02. The summed E-state index contributed by atoms with van der Waals surface area (Å²) in [5.41, 5.74) is 2.88. The van der Waals surface area contributed by atoms with Crippen molar-refractivity contribution in [1.29, 1.82) is 0 Å². The van der Waals surface area contributed by atoms with Gasteiger partial charge in [-0.1, -0.05) is 29.8 Å². The molecular formula is C20H20ClNO2. The number of benzene rings is 2. The lowest BCUT2D eigenvalue weighted by atomic mass is 10.2. The summed E-state index contributed by atoms with van der Waals surface area (Å²) in [5, 5.41) is 1.56. The summed E-state index contributed by atoms with van der Waals surface area (Å²) in [4.78, 5) is 11.2. The van der Waals surface area contributed by atoms with Crippen LogP contribution in [-0.2, 0) is 6.54 Å². The van der Waals surface area contributed by atoms with Crippen molar-refractivity contribution >= 4 is 28.8 Å². The predicted octanol–water partition coefficient (Wildman–Crippen LogP) is 5.27. The van der Waals surface area contributed by atoms with Crippen LogP contribution in [-0.4, -0.2) is 17.5 Å². The van der Waals surface area contributed by atoms with Crippen LogP contribution in [0.15, 0.2) is 48.7 Å². The third-order valence-electron chi connectivity index (χ3n) is 4.15. The van der Waals surface area contributed by atoms with Gasteiger partial charge in [-0.25, -0.2) is 0 Å². The standard InChI is InChI=1S/C20H20ClNO2/c1-15-6-2-3-7-20(15)24-11-5-4-10-22-13-16(14-23)18-12-17(21)8-9-19(18)22/h2-3,6-9,12-14H,4-5,10-11H2,1H3. The van der Waals surface area contributed by atoms with Gasteiger partial charge < -0.3 is 9.30 Å². The second-order valence-electron chi connectivity index (χ2n) is 5.88. The SMILES string of the molecule is Cc1ccccc1OCCCCn1cc(C=O)c2cc(Cl)ccc21. The summed E-state index contributed by atoms with van der Waals surface area (Å²) >= 11 is 6.03. The van der Waals surface area contributed by atoms with E-state index in [1.165, 1.54) is 0 Å². The largest absolute Gasteiger partial charge is 0.493 e. The molecule has 0 aliphatic carbocycles.